The summed E-state index contributed by atoms with van der Waals surface area (Å²) >= 11 is 0. The van der Waals surface area contributed by atoms with Gasteiger partial charge in [0, 0.05) is 29.6 Å². The molecule has 86 valence electrons. The Balaban J connectivity index is 1.82. The minimum absolute atomic E-state index is 0.272. The van der Waals surface area contributed by atoms with Gasteiger partial charge in [-0.2, -0.15) is 0 Å². The van der Waals surface area contributed by atoms with E-state index in [1.54, 1.807) is 12.5 Å². The number of rotatable bonds is 3. The fourth-order valence-corrected chi connectivity index (χ4v) is 2.12. The second-order valence-electron chi connectivity index (χ2n) is 4.51. The van der Waals surface area contributed by atoms with Gasteiger partial charge >= 0.3 is 0 Å². The zero-order chi connectivity index (χ0) is 11.7. The Morgan fingerprint density at radius 3 is 2.53 bits per heavy atom. The van der Waals surface area contributed by atoms with Crippen LogP contribution in [0.15, 0.2) is 43.0 Å². The fourth-order valence-electron chi connectivity index (χ4n) is 2.12. The highest BCUT2D eigenvalue weighted by atomic mass is 16.1. The summed E-state index contributed by atoms with van der Waals surface area (Å²) in [5.74, 6) is 0.572. The third-order valence-electron chi connectivity index (χ3n) is 3.43. The normalized spacial score (nSPS) is 15.5. The molecule has 3 rings (SSSR count). The molecule has 1 saturated carbocycles. The molecule has 1 aliphatic carbocycles. The van der Waals surface area contributed by atoms with Gasteiger partial charge in [0.2, 0.25) is 0 Å². The highest BCUT2D eigenvalue weighted by Gasteiger charge is 2.25. The molecule has 1 fully saturated rings. The van der Waals surface area contributed by atoms with Crippen LogP contribution in [-0.2, 0) is 0 Å². The number of hydrogen-bond acceptors (Lipinski definition) is 2. The topological polar surface area (TPSA) is 34.9 Å². The van der Waals surface area contributed by atoms with E-state index in [0.717, 1.165) is 24.1 Å². The molecule has 1 aromatic carbocycles. The molecular weight excluding hydrogens is 212 g/mol. The van der Waals surface area contributed by atoms with Crippen molar-refractivity contribution in [2.45, 2.75) is 19.3 Å². The smallest absolute Gasteiger partial charge is 0.165 e. The number of ketones is 1. The molecule has 0 N–H and O–H groups in total. The quantitative estimate of drug-likeness (QED) is 0.754. The molecular formula is C14H14N2O. The largest absolute Gasteiger partial charge is 0.306 e. The molecule has 0 aliphatic heterocycles. The van der Waals surface area contributed by atoms with Crippen molar-refractivity contribution in [2.75, 3.05) is 0 Å². The number of hydrogen-bond donors (Lipinski definition) is 0. The molecule has 0 bridgehead atoms. The SMILES string of the molecule is O=C(c1ccc(-n2ccnc2)cc1)C1CCC1. The van der Waals surface area contributed by atoms with E-state index in [4.69, 9.17) is 0 Å². The highest BCUT2D eigenvalue weighted by Crippen LogP contribution is 2.29. The molecule has 0 atom stereocenters. The number of nitrogens with zero attached hydrogens (tertiary/aromatic N) is 2. The number of Topliss-reactive ketones (excluding diaryl/α,β-unsaturated/α-hetero) is 1. The lowest BCUT2D eigenvalue weighted by Gasteiger charge is -2.23. The average molecular weight is 226 g/mol. The van der Waals surface area contributed by atoms with Crippen LogP contribution in [-0.4, -0.2) is 15.3 Å². The van der Waals surface area contributed by atoms with Gasteiger partial charge in [0.25, 0.3) is 0 Å². The van der Waals surface area contributed by atoms with Crippen molar-refractivity contribution in [2.24, 2.45) is 5.92 Å². The van der Waals surface area contributed by atoms with E-state index in [1.165, 1.54) is 6.42 Å². The van der Waals surface area contributed by atoms with Crippen LogP contribution >= 0.6 is 0 Å². The molecule has 3 heteroatoms. The van der Waals surface area contributed by atoms with Crippen molar-refractivity contribution >= 4 is 5.78 Å². The van der Waals surface area contributed by atoms with Gasteiger partial charge in [-0.3, -0.25) is 4.79 Å². The second kappa shape index (κ2) is 4.17. The van der Waals surface area contributed by atoms with Gasteiger partial charge in [-0.15, -0.1) is 0 Å². The Hall–Kier alpha value is -1.90. The molecule has 17 heavy (non-hydrogen) atoms. The molecule has 0 spiro atoms. The second-order valence-corrected chi connectivity index (χ2v) is 4.51. The Morgan fingerprint density at radius 2 is 2.00 bits per heavy atom. The van der Waals surface area contributed by atoms with Gasteiger partial charge in [-0.25, -0.2) is 4.98 Å². The van der Waals surface area contributed by atoms with Crippen LogP contribution in [0.25, 0.3) is 5.69 Å². The summed E-state index contributed by atoms with van der Waals surface area (Å²) < 4.78 is 1.93. The molecule has 0 amide bonds. The van der Waals surface area contributed by atoms with Crippen LogP contribution in [0.2, 0.25) is 0 Å². The first-order valence-corrected chi connectivity index (χ1v) is 5.97. The summed E-state index contributed by atoms with van der Waals surface area (Å²) in [6.07, 6.45) is 8.70. The maximum absolute atomic E-state index is 12.0. The summed E-state index contributed by atoms with van der Waals surface area (Å²) in [6, 6.07) is 7.76. The Kier molecular flexibility index (Phi) is 2.52. The summed E-state index contributed by atoms with van der Waals surface area (Å²) in [5, 5.41) is 0. The third-order valence-corrected chi connectivity index (χ3v) is 3.43. The molecule has 2 aromatic rings. The van der Waals surface area contributed by atoms with E-state index >= 15 is 0 Å². The Bertz CT molecular complexity index is 510. The van der Waals surface area contributed by atoms with Gasteiger partial charge in [0.1, 0.15) is 0 Å². The maximum Gasteiger partial charge on any atom is 0.165 e. The highest BCUT2D eigenvalue weighted by molar-refractivity contribution is 5.98. The first-order chi connectivity index (χ1) is 8.34. The van der Waals surface area contributed by atoms with Gasteiger partial charge < -0.3 is 4.57 Å². The lowest BCUT2D eigenvalue weighted by atomic mass is 9.80. The standard InChI is InChI=1S/C14H14N2O/c17-14(11-2-1-3-11)12-4-6-13(7-5-12)16-9-8-15-10-16/h4-11H,1-3H2. The molecule has 3 nitrogen and oxygen atoms in total. The predicted molar refractivity (Wildman–Crippen MR) is 65.2 cm³/mol. The van der Waals surface area contributed by atoms with Crippen LogP contribution < -0.4 is 0 Å². The summed E-state index contributed by atoms with van der Waals surface area (Å²) in [7, 11) is 0. The van der Waals surface area contributed by atoms with Crippen LogP contribution in [0.5, 0.6) is 0 Å². The van der Waals surface area contributed by atoms with Crippen molar-refractivity contribution in [3.05, 3.63) is 48.5 Å². The van der Waals surface area contributed by atoms with E-state index in [9.17, 15) is 4.79 Å². The number of carbonyl (C=O) groups excluding carboxylic acids is 1. The molecule has 1 aliphatic rings. The predicted octanol–water partition coefficient (Wildman–Crippen LogP) is 2.86. The van der Waals surface area contributed by atoms with Crippen LogP contribution in [0.3, 0.4) is 0 Å². The van der Waals surface area contributed by atoms with E-state index in [0.29, 0.717) is 5.78 Å². The number of benzene rings is 1. The number of aromatic nitrogens is 2. The zero-order valence-electron chi connectivity index (χ0n) is 9.54. The Morgan fingerprint density at radius 1 is 1.24 bits per heavy atom. The molecule has 0 saturated heterocycles. The van der Waals surface area contributed by atoms with Crippen molar-refractivity contribution in [1.82, 2.24) is 9.55 Å². The van der Waals surface area contributed by atoms with Crippen LogP contribution in [0, 0.1) is 5.92 Å². The van der Waals surface area contributed by atoms with Crippen LogP contribution in [0.1, 0.15) is 29.6 Å². The van der Waals surface area contributed by atoms with E-state index in [-0.39, 0.29) is 5.92 Å². The van der Waals surface area contributed by atoms with Gasteiger partial charge in [-0.1, -0.05) is 6.42 Å². The summed E-state index contributed by atoms with van der Waals surface area (Å²) in [4.78, 5) is 16.0. The maximum atomic E-state index is 12.0. The third kappa shape index (κ3) is 1.88. The van der Waals surface area contributed by atoms with E-state index < -0.39 is 0 Å². The van der Waals surface area contributed by atoms with Crippen molar-refractivity contribution in [3.63, 3.8) is 0 Å². The monoisotopic (exact) mass is 226 g/mol. The fraction of sp³-hybridized carbons (Fsp3) is 0.286. The van der Waals surface area contributed by atoms with Gasteiger partial charge in [-0.05, 0) is 37.1 Å². The summed E-state index contributed by atoms with van der Waals surface area (Å²) in [6.45, 7) is 0. The molecule has 0 unspecified atom stereocenters. The average Bonchev–Trinajstić information content (AvgIpc) is 2.80. The van der Waals surface area contributed by atoms with Crippen molar-refractivity contribution in [3.8, 4) is 5.69 Å². The zero-order valence-corrected chi connectivity index (χ0v) is 9.54. The van der Waals surface area contributed by atoms with Gasteiger partial charge in [0.15, 0.2) is 5.78 Å². The van der Waals surface area contributed by atoms with Crippen LogP contribution in [0.4, 0.5) is 0 Å². The Labute approximate surface area is 100 Å². The van der Waals surface area contributed by atoms with Crippen molar-refractivity contribution in [1.29, 1.82) is 0 Å². The minimum Gasteiger partial charge on any atom is -0.306 e. The summed E-state index contributed by atoms with van der Waals surface area (Å²) in [5.41, 5.74) is 1.87. The van der Waals surface area contributed by atoms with Gasteiger partial charge in [0.05, 0.1) is 6.33 Å². The number of imidazole rings is 1. The van der Waals surface area contributed by atoms with E-state index in [2.05, 4.69) is 4.98 Å². The molecule has 1 heterocycles. The van der Waals surface area contributed by atoms with E-state index in [1.807, 2.05) is 35.0 Å². The van der Waals surface area contributed by atoms with Crippen molar-refractivity contribution < 1.29 is 4.79 Å². The first-order valence-electron chi connectivity index (χ1n) is 5.97. The lowest BCUT2D eigenvalue weighted by molar-refractivity contribution is 0.0855. The molecule has 1 aromatic heterocycles. The molecule has 0 radical (unpaired) electrons. The lowest BCUT2D eigenvalue weighted by Crippen LogP contribution is -2.21. The minimum atomic E-state index is 0.272. The number of carbonyl (C=O) groups is 1. The first kappa shape index (κ1) is 10.3.